The smallest absolute Gasteiger partial charge is 0.191 e. The van der Waals surface area contributed by atoms with Crippen LogP contribution in [0.2, 0.25) is 0 Å². The first-order chi connectivity index (χ1) is 13.4. The van der Waals surface area contributed by atoms with Gasteiger partial charge in [-0.15, -0.1) is 0 Å². The van der Waals surface area contributed by atoms with E-state index in [2.05, 4.69) is 74.4 Å². The Kier molecular flexibility index (Phi) is 9.06. The molecule has 1 aromatic carbocycles. The average Bonchev–Trinajstić information content (AvgIpc) is 2.67. The van der Waals surface area contributed by atoms with Gasteiger partial charge >= 0.3 is 0 Å². The highest BCUT2D eigenvalue weighted by molar-refractivity contribution is 5.80. The zero-order chi connectivity index (χ0) is 20.5. The summed E-state index contributed by atoms with van der Waals surface area (Å²) in [6.07, 6.45) is 0. The molecule has 1 heterocycles. The van der Waals surface area contributed by atoms with Crippen LogP contribution in [0.25, 0.3) is 0 Å². The molecule has 0 aromatic heterocycles. The Hall–Kier alpha value is -1.79. The molecule has 6 nitrogen and oxygen atoms in total. The Bertz CT molecular complexity index is 601. The first kappa shape index (κ1) is 22.5. The number of rotatable bonds is 8. The second-order valence-electron chi connectivity index (χ2n) is 8.26. The fourth-order valence-corrected chi connectivity index (χ4v) is 3.22. The van der Waals surface area contributed by atoms with Crippen LogP contribution < -0.4 is 15.4 Å². The van der Waals surface area contributed by atoms with Crippen molar-refractivity contribution in [2.24, 2.45) is 10.9 Å². The van der Waals surface area contributed by atoms with Crippen molar-refractivity contribution in [2.75, 3.05) is 53.4 Å². The molecule has 1 fully saturated rings. The first-order valence-corrected chi connectivity index (χ1v) is 10.6. The Morgan fingerprint density at radius 2 is 1.89 bits per heavy atom. The van der Waals surface area contributed by atoms with Crippen molar-refractivity contribution in [1.29, 1.82) is 0 Å². The van der Waals surface area contributed by atoms with Gasteiger partial charge in [0.2, 0.25) is 0 Å². The molecule has 0 saturated carbocycles. The highest BCUT2D eigenvalue weighted by Crippen LogP contribution is 2.18. The highest BCUT2D eigenvalue weighted by atomic mass is 16.5. The van der Waals surface area contributed by atoms with Crippen molar-refractivity contribution in [3.05, 3.63) is 29.8 Å². The summed E-state index contributed by atoms with van der Waals surface area (Å²) in [6, 6.07) is 8.98. The SMILES string of the molecule is CCNC(=NCC1CN(C)CCN1C)NC(C)c1ccc(OCC(C)C)cc1. The number of aliphatic imine (C=N–C) groups is 1. The molecule has 0 aliphatic carbocycles. The number of nitrogens with one attached hydrogen (secondary N) is 2. The molecule has 2 unspecified atom stereocenters. The minimum absolute atomic E-state index is 0.170. The van der Waals surface area contributed by atoms with E-state index < -0.39 is 0 Å². The summed E-state index contributed by atoms with van der Waals surface area (Å²) < 4.78 is 5.78. The molecule has 2 atom stereocenters. The molecule has 1 aliphatic heterocycles. The number of ether oxygens (including phenoxy) is 1. The van der Waals surface area contributed by atoms with Gasteiger partial charge in [-0.2, -0.15) is 0 Å². The molecule has 0 bridgehead atoms. The van der Waals surface area contributed by atoms with Gasteiger partial charge in [-0.3, -0.25) is 9.89 Å². The van der Waals surface area contributed by atoms with Crippen LogP contribution in [-0.4, -0.2) is 75.2 Å². The summed E-state index contributed by atoms with van der Waals surface area (Å²) in [7, 11) is 4.38. The normalized spacial score (nSPS) is 20.2. The summed E-state index contributed by atoms with van der Waals surface area (Å²) in [5.41, 5.74) is 1.22. The van der Waals surface area contributed by atoms with Crippen LogP contribution >= 0.6 is 0 Å². The maximum Gasteiger partial charge on any atom is 0.191 e. The third-order valence-corrected chi connectivity index (χ3v) is 5.10. The fraction of sp³-hybridized carbons (Fsp3) is 0.682. The van der Waals surface area contributed by atoms with E-state index in [1.54, 1.807) is 0 Å². The average molecular weight is 390 g/mol. The van der Waals surface area contributed by atoms with E-state index in [0.717, 1.165) is 51.0 Å². The van der Waals surface area contributed by atoms with Gasteiger partial charge in [0.15, 0.2) is 5.96 Å². The quantitative estimate of drug-likeness (QED) is 0.529. The van der Waals surface area contributed by atoms with Crippen LogP contribution in [0.5, 0.6) is 5.75 Å². The minimum Gasteiger partial charge on any atom is -0.493 e. The lowest BCUT2D eigenvalue weighted by Gasteiger charge is -2.37. The third kappa shape index (κ3) is 7.32. The van der Waals surface area contributed by atoms with Crippen LogP contribution in [-0.2, 0) is 0 Å². The van der Waals surface area contributed by atoms with E-state index in [1.165, 1.54) is 5.56 Å². The van der Waals surface area contributed by atoms with Crippen LogP contribution in [0.4, 0.5) is 0 Å². The molecule has 0 amide bonds. The zero-order valence-corrected chi connectivity index (χ0v) is 18.5. The predicted octanol–water partition coefficient (Wildman–Crippen LogP) is 2.58. The van der Waals surface area contributed by atoms with Gasteiger partial charge in [0.1, 0.15) is 5.75 Å². The lowest BCUT2D eigenvalue weighted by atomic mass is 10.1. The minimum atomic E-state index is 0.170. The van der Waals surface area contributed by atoms with E-state index in [1.807, 2.05) is 12.1 Å². The molecule has 6 heteroatoms. The number of benzene rings is 1. The first-order valence-electron chi connectivity index (χ1n) is 10.6. The summed E-state index contributed by atoms with van der Waals surface area (Å²) in [6.45, 7) is 14.3. The predicted molar refractivity (Wildman–Crippen MR) is 118 cm³/mol. The van der Waals surface area contributed by atoms with E-state index in [4.69, 9.17) is 9.73 Å². The molecular weight excluding hydrogens is 350 g/mol. The topological polar surface area (TPSA) is 52.1 Å². The van der Waals surface area contributed by atoms with Gasteiger partial charge in [0, 0.05) is 32.2 Å². The second-order valence-corrected chi connectivity index (χ2v) is 8.26. The second kappa shape index (κ2) is 11.3. The zero-order valence-electron chi connectivity index (χ0n) is 18.5. The molecule has 2 rings (SSSR count). The van der Waals surface area contributed by atoms with Gasteiger partial charge in [0.05, 0.1) is 19.2 Å². The Labute approximate surface area is 171 Å². The molecule has 1 saturated heterocycles. The van der Waals surface area contributed by atoms with Crippen LogP contribution in [0, 0.1) is 5.92 Å². The molecule has 0 radical (unpaired) electrons. The molecule has 1 aromatic rings. The molecule has 158 valence electrons. The van der Waals surface area contributed by atoms with Crippen LogP contribution in [0.1, 0.15) is 39.3 Å². The van der Waals surface area contributed by atoms with Crippen molar-refractivity contribution in [1.82, 2.24) is 20.4 Å². The van der Waals surface area contributed by atoms with Crippen molar-refractivity contribution < 1.29 is 4.74 Å². The van der Waals surface area contributed by atoms with Crippen molar-refractivity contribution in [3.8, 4) is 5.75 Å². The number of nitrogens with zero attached hydrogens (tertiary/aromatic N) is 3. The monoisotopic (exact) mass is 389 g/mol. The number of likely N-dealkylation sites (N-methyl/N-ethyl adjacent to an activating group) is 2. The van der Waals surface area contributed by atoms with Crippen LogP contribution in [0.3, 0.4) is 0 Å². The molecule has 1 aliphatic rings. The van der Waals surface area contributed by atoms with Crippen molar-refractivity contribution >= 4 is 5.96 Å². The number of hydrogen-bond acceptors (Lipinski definition) is 4. The summed E-state index contributed by atoms with van der Waals surface area (Å²) in [5.74, 6) is 2.33. The summed E-state index contributed by atoms with van der Waals surface area (Å²) >= 11 is 0. The number of piperazine rings is 1. The largest absolute Gasteiger partial charge is 0.493 e. The van der Waals surface area contributed by atoms with Gasteiger partial charge < -0.3 is 20.3 Å². The van der Waals surface area contributed by atoms with E-state index in [9.17, 15) is 0 Å². The standard InChI is InChI=1S/C22H39N5O/c1-7-23-22(24-14-20-15-26(5)12-13-27(20)6)25-18(4)19-8-10-21(11-9-19)28-16-17(2)3/h8-11,17-18,20H,7,12-16H2,1-6H3,(H2,23,24,25). The number of guanidine groups is 1. The van der Waals surface area contributed by atoms with E-state index >= 15 is 0 Å². The Morgan fingerprint density at radius 1 is 1.18 bits per heavy atom. The van der Waals surface area contributed by atoms with Gasteiger partial charge in [-0.25, -0.2) is 0 Å². The summed E-state index contributed by atoms with van der Waals surface area (Å²) in [5, 5.41) is 6.91. The number of hydrogen-bond donors (Lipinski definition) is 2. The van der Waals surface area contributed by atoms with Crippen molar-refractivity contribution in [3.63, 3.8) is 0 Å². The third-order valence-electron chi connectivity index (χ3n) is 5.10. The maximum atomic E-state index is 5.78. The van der Waals surface area contributed by atoms with Gasteiger partial charge in [-0.05, 0) is 51.6 Å². The molecule has 28 heavy (non-hydrogen) atoms. The highest BCUT2D eigenvalue weighted by Gasteiger charge is 2.21. The summed E-state index contributed by atoms with van der Waals surface area (Å²) in [4.78, 5) is 9.65. The lowest BCUT2D eigenvalue weighted by Crippen LogP contribution is -2.51. The fourth-order valence-electron chi connectivity index (χ4n) is 3.22. The Morgan fingerprint density at radius 3 is 2.54 bits per heavy atom. The molecular formula is C22H39N5O. The lowest BCUT2D eigenvalue weighted by molar-refractivity contribution is 0.119. The van der Waals surface area contributed by atoms with E-state index in [0.29, 0.717) is 12.0 Å². The van der Waals surface area contributed by atoms with E-state index in [-0.39, 0.29) is 6.04 Å². The van der Waals surface area contributed by atoms with Crippen molar-refractivity contribution in [2.45, 2.75) is 39.8 Å². The maximum absolute atomic E-state index is 5.78. The van der Waals surface area contributed by atoms with Crippen LogP contribution in [0.15, 0.2) is 29.3 Å². The van der Waals surface area contributed by atoms with Gasteiger partial charge in [0.25, 0.3) is 0 Å². The molecule has 0 spiro atoms. The Balaban J connectivity index is 1.94. The van der Waals surface area contributed by atoms with Gasteiger partial charge in [-0.1, -0.05) is 26.0 Å². The molecule has 2 N–H and O–H groups in total.